The van der Waals surface area contributed by atoms with Gasteiger partial charge in [-0.2, -0.15) is 0 Å². The summed E-state index contributed by atoms with van der Waals surface area (Å²) in [6, 6.07) is 25.5. The molecule has 164 valence electrons. The molecule has 32 heavy (non-hydrogen) atoms. The third-order valence-electron chi connectivity index (χ3n) is 5.97. The van der Waals surface area contributed by atoms with Crippen molar-refractivity contribution >= 4 is 11.8 Å². The van der Waals surface area contributed by atoms with Gasteiger partial charge in [-0.15, -0.1) is 0 Å². The molecule has 2 unspecified atom stereocenters. The predicted octanol–water partition coefficient (Wildman–Crippen LogP) is 4.78. The second-order valence-corrected chi connectivity index (χ2v) is 8.26. The summed E-state index contributed by atoms with van der Waals surface area (Å²) in [5, 5.41) is 3.23. The highest BCUT2D eigenvalue weighted by Gasteiger charge is 2.30. The van der Waals surface area contributed by atoms with Gasteiger partial charge in [-0.05, 0) is 54.7 Å². The van der Waals surface area contributed by atoms with E-state index in [1.807, 2.05) is 48.5 Å². The number of nitrogens with one attached hydrogen (secondary N) is 1. The molecule has 2 atom stereocenters. The summed E-state index contributed by atoms with van der Waals surface area (Å²) in [6.07, 6.45) is 2.20. The minimum atomic E-state index is -0.372. The number of amides is 2. The number of piperidine rings is 1. The van der Waals surface area contributed by atoms with Crippen LogP contribution in [0.2, 0.25) is 0 Å². The molecule has 1 saturated heterocycles. The standard InChI is InChI=1S/C27H27FN2O2/c28-24-15-13-22(14-16-24)27(32)30-17-7-12-23(19-30)26(31)29-25(21-10-5-2-6-11-21)18-20-8-3-1-4-9-20/h1-6,8-11,13-16,23,25H,7,12,17-19H2,(H,29,31). The van der Waals surface area contributed by atoms with Crippen LogP contribution in [0.15, 0.2) is 84.9 Å². The first kappa shape index (κ1) is 21.8. The van der Waals surface area contributed by atoms with Gasteiger partial charge in [0.25, 0.3) is 5.91 Å². The van der Waals surface area contributed by atoms with E-state index in [0.717, 1.165) is 24.0 Å². The zero-order valence-corrected chi connectivity index (χ0v) is 17.9. The Kier molecular flexibility index (Phi) is 6.95. The van der Waals surface area contributed by atoms with E-state index < -0.39 is 0 Å². The van der Waals surface area contributed by atoms with Gasteiger partial charge in [0.05, 0.1) is 12.0 Å². The summed E-state index contributed by atoms with van der Waals surface area (Å²) in [6.45, 7) is 0.973. The minimum Gasteiger partial charge on any atom is -0.349 e. The summed E-state index contributed by atoms with van der Waals surface area (Å²) in [5.41, 5.74) is 2.65. The number of halogens is 1. The third kappa shape index (κ3) is 5.41. The van der Waals surface area contributed by atoms with Crippen molar-refractivity contribution in [1.82, 2.24) is 10.2 Å². The van der Waals surface area contributed by atoms with E-state index >= 15 is 0 Å². The quantitative estimate of drug-likeness (QED) is 0.612. The highest BCUT2D eigenvalue weighted by Crippen LogP contribution is 2.23. The molecule has 1 N–H and O–H groups in total. The molecule has 1 heterocycles. The number of hydrogen-bond donors (Lipinski definition) is 1. The molecule has 1 aliphatic heterocycles. The Morgan fingerprint density at radius 1 is 0.938 bits per heavy atom. The van der Waals surface area contributed by atoms with Crippen LogP contribution in [-0.2, 0) is 11.2 Å². The van der Waals surface area contributed by atoms with Crippen LogP contribution in [0.4, 0.5) is 4.39 Å². The van der Waals surface area contributed by atoms with Crippen molar-refractivity contribution in [1.29, 1.82) is 0 Å². The summed E-state index contributed by atoms with van der Waals surface area (Å²) < 4.78 is 13.2. The number of likely N-dealkylation sites (tertiary alicyclic amines) is 1. The fourth-order valence-electron chi connectivity index (χ4n) is 4.23. The SMILES string of the molecule is O=C(NC(Cc1ccccc1)c1ccccc1)C1CCCN(C(=O)c2ccc(F)cc2)C1. The Morgan fingerprint density at radius 2 is 1.59 bits per heavy atom. The smallest absolute Gasteiger partial charge is 0.253 e. The maximum atomic E-state index is 13.2. The molecule has 1 fully saturated rings. The van der Waals surface area contributed by atoms with Gasteiger partial charge in [0, 0.05) is 18.7 Å². The van der Waals surface area contributed by atoms with Gasteiger partial charge < -0.3 is 10.2 Å². The number of carbonyl (C=O) groups excluding carboxylic acids is 2. The first-order valence-electron chi connectivity index (χ1n) is 11.0. The van der Waals surface area contributed by atoms with E-state index in [2.05, 4.69) is 17.4 Å². The van der Waals surface area contributed by atoms with Crippen molar-refractivity contribution in [3.8, 4) is 0 Å². The van der Waals surface area contributed by atoms with E-state index in [1.54, 1.807) is 4.90 Å². The van der Waals surface area contributed by atoms with E-state index in [4.69, 9.17) is 0 Å². The molecule has 5 heteroatoms. The molecule has 3 aromatic carbocycles. The molecule has 0 bridgehead atoms. The Hall–Kier alpha value is -3.47. The van der Waals surface area contributed by atoms with Crippen LogP contribution >= 0.6 is 0 Å². The number of rotatable bonds is 6. The van der Waals surface area contributed by atoms with Gasteiger partial charge in [0.1, 0.15) is 5.82 Å². The van der Waals surface area contributed by atoms with Crippen LogP contribution in [-0.4, -0.2) is 29.8 Å². The second-order valence-electron chi connectivity index (χ2n) is 8.26. The summed E-state index contributed by atoms with van der Waals surface area (Å²) >= 11 is 0. The average Bonchev–Trinajstić information content (AvgIpc) is 2.85. The second kappa shape index (κ2) is 10.2. The lowest BCUT2D eigenvalue weighted by Gasteiger charge is -2.33. The van der Waals surface area contributed by atoms with Gasteiger partial charge in [0.15, 0.2) is 0 Å². The summed E-state index contributed by atoms with van der Waals surface area (Å²) in [7, 11) is 0. The zero-order valence-electron chi connectivity index (χ0n) is 17.9. The average molecular weight is 431 g/mol. The van der Waals surface area contributed by atoms with Crippen molar-refractivity contribution in [2.75, 3.05) is 13.1 Å². The fourth-order valence-corrected chi connectivity index (χ4v) is 4.23. The first-order chi connectivity index (χ1) is 15.6. The third-order valence-corrected chi connectivity index (χ3v) is 5.97. The van der Waals surface area contributed by atoms with Crippen LogP contribution in [0, 0.1) is 11.7 Å². The lowest BCUT2D eigenvalue weighted by Crippen LogP contribution is -2.46. The predicted molar refractivity (Wildman–Crippen MR) is 122 cm³/mol. The van der Waals surface area contributed by atoms with Gasteiger partial charge >= 0.3 is 0 Å². The van der Waals surface area contributed by atoms with Crippen molar-refractivity contribution in [2.24, 2.45) is 5.92 Å². The van der Waals surface area contributed by atoms with Crippen LogP contribution in [0.3, 0.4) is 0 Å². The molecule has 0 spiro atoms. The number of carbonyl (C=O) groups is 2. The van der Waals surface area contributed by atoms with Crippen LogP contribution in [0.25, 0.3) is 0 Å². The highest BCUT2D eigenvalue weighted by molar-refractivity contribution is 5.94. The molecule has 1 aliphatic rings. The topological polar surface area (TPSA) is 49.4 Å². The molecular formula is C27H27FN2O2. The monoisotopic (exact) mass is 430 g/mol. The van der Waals surface area contributed by atoms with Crippen molar-refractivity contribution < 1.29 is 14.0 Å². The Balaban J connectivity index is 1.45. The molecular weight excluding hydrogens is 403 g/mol. The largest absolute Gasteiger partial charge is 0.349 e. The van der Waals surface area contributed by atoms with Gasteiger partial charge in [-0.1, -0.05) is 60.7 Å². The number of benzene rings is 3. The zero-order chi connectivity index (χ0) is 22.3. The molecule has 0 aromatic heterocycles. The Morgan fingerprint density at radius 3 is 2.28 bits per heavy atom. The summed E-state index contributed by atoms with van der Waals surface area (Å²) in [5.74, 6) is -0.837. The lowest BCUT2D eigenvalue weighted by atomic mass is 9.94. The van der Waals surface area contributed by atoms with Gasteiger partial charge in [0.2, 0.25) is 5.91 Å². The van der Waals surface area contributed by atoms with Gasteiger partial charge in [-0.3, -0.25) is 9.59 Å². The van der Waals surface area contributed by atoms with Crippen LogP contribution < -0.4 is 5.32 Å². The van der Waals surface area contributed by atoms with E-state index in [1.165, 1.54) is 24.3 Å². The lowest BCUT2D eigenvalue weighted by molar-refractivity contribution is -0.127. The molecule has 4 nitrogen and oxygen atoms in total. The number of nitrogens with zero attached hydrogens (tertiary/aromatic N) is 1. The molecule has 2 amide bonds. The van der Waals surface area contributed by atoms with Crippen LogP contribution in [0.1, 0.15) is 40.4 Å². The number of hydrogen-bond acceptors (Lipinski definition) is 2. The summed E-state index contributed by atoms with van der Waals surface area (Å²) in [4.78, 5) is 27.8. The van der Waals surface area contributed by atoms with E-state index in [9.17, 15) is 14.0 Å². The van der Waals surface area contributed by atoms with E-state index in [0.29, 0.717) is 25.1 Å². The fraction of sp³-hybridized carbons (Fsp3) is 0.259. The van der Waals surface area contributed by atoms with Crippen molar-refractivity contribution in [3.63, 3.8) is 0 Å². The minimum absolute atomic E-state index is 0.0357. The first-order valence-corrected chi connectivity index (χ1v) is 11.0. The Bertz CT molecular complexity index is 1040. The maximum Gasteiger partial charge on any atom is 0.253 e. The molecule has 3 aromatic rings. The Labute approximate surface area is 188 Å². The molecule has 0 radical (unpaired) electrons. The normalized spacial score (nSPS) is 16.9. The highest BCUT2D eigenvalue weighted by atomic mass is 19.1. The van der Waals surface area contributed by atoms with Crippen LogP contribution in [0.5, 0.6) is 0 Å². The van der Waals surface area contributed by atoms with Crippen molar-refractivity contribution in [3.05, 3.63) is 107 Å². The van der Waals surface area contributed by atoms with E-state index in [-0.39, 0.29) is 29.6 Å². The molecule has 4 rings (SSSR count). The molecule has 0 saturated carbocycles. The maximum absolute atomic E-state index is 13.2. The van der Waals surface area contributed by atoms with Gasteiger partial charge in [-0.25, -0.2) is 4.39 Å². The van der Waals surface area contributed by atoms with Crippen molar-refractivity contribution in [2.45, 2.75) is 25.3 Å². The molecule has 0 aliphatic carbocycles.